The Morgan fingerprint density at radius 3 is 2.68 bits per heavy atom. The lowest BCUT2D eigenvalue weighted by Gasteiger charge is -2.36. The standard InChI is InChI=1S/C15H28N2O2/c1-11(2)5-6-16-14-7-13(15(18)19)9-17(10-14)8-12-3-4-12/h11-14,16H,3-10H2,1-2H3,(H,18,19). The van der Waals surface area contributed by atoms with Crippen molar-refractivity contribution in [1.29, 1.82) is 0 Å². The second-order valence-corrected chi connectivity index (χ2v) is 6.77. The minimum Gasteiger partial charge on any atom is -0.481 e. The fourth-order valence-electron chi connectivity index (χ4n) is 2.91. The van der Waals surface area contributed by atoms with Gasteiger partial charge in [0.05, 0.1) is 5.92 Å². The zero-order chi connectivity index (χ0) is 13.8. The Bertz CT molecular complexity index is 303. The van der Waals surface area contributed by atoms with Crippen LogP contribution < -0.4 is 5.32 Å². The fourth-order valence-corrected chi connectivity index (χ4v) is 2.91. The highest BCUT2D eigenvalue weighted by Crippen LogP contribution is 2.31. The van der Waals surface area contributed by atoms with Crippen LogP contribution in [0.2, 0.25) is 0 Å². The normalized spacial score (nSPS) is 28.8. The van der Waals surface area contributed by atoms with E-state index in [0.717, 1.165) is 44.9 Å². The third-order valence-electron chi connectivity index (χ3n) is 4.24. The van der Waals surface area contributed by atoms with E-state index in [-0.39, 0.29) is 5.92 Å². The Labute approximate surface area is 116 Å². The SMILES string of the molecule is CC(C)CCNC1CC(C(=O)O)CN(CC2CC2)C1. The number of hydrogen-bond acceptors (Lipinski definition) is 3. The summed E-state index contributed by atoms with van der Waals surface area (Å²) in [5.41, 5.74) is 0. The second kappa shape index (κ2) is 6.71. The molecule has 2 aliphatic rings. The zero-order valence-corrected chi connectivity index (χ0v) is 12.3. The molecule has 0 amide bonds. The first-order valence-corrected chi connectivity index (χ1v) is 7.73. The summed E-state index contributed by atoms with van der Waals surface area (Å²) in [6.45, 7) is 8.33. The highest BCUT2D eigenvalue weighted by Gasteiger charge is 2.34. The van der Waals surface area contributed by atoms with Gasteiger partial charge in [-0.2, -0.15) is 0 Å². The molecule has 2 rings (SSSR count). The number of aliphatic carboxylic acids is 1. The van der Waals surface area contributed by atoms with Gasteiger partial charge in [0.1, 0.15) is 0 Å². The zero-order valence-electron chi connectivity index (χ0n) is 12.3. The monoisotopic (exact) mass is 268 g/mol. The minimum absolute atomic E-state index is 0.191. The molecule has 1 heterocycles. The molecule has 2 unspecified atom stereocenters. The number of rotatable bonds is 7. The lowest BCUT2D eigenvalue weighted by molar-refractivity contribution is -0.144. The first-order chi connectivity index (χ1) is 9.04. The van der Waals surface area contributed by atoms with Crippen LogP contribution >= 0.6 is 0 Å². The molecule has 0 aromatic carbocycles. The molecular formula is C15H28N2O2. The Morgan fingerprint density at radius 1 is 1.37 bits per heavy atom. The highest BCUT2D eigenvalue weighted by atomic mass is 16.4. The maximum atomic E-state index is 11.3. The van der Waals surface area contributed by atoms with E-state index in [2.05, 4.69) is 24.1 Å². The quantitative estimate of drug-likeness (QED) is 0.739. The topological polar surface area (TPSA) is 52.6 Å². The van der Waals surface area contributed by atoms with Gasteiger partial charge in [0.15, 0.2) is 0 Å². The summed E-state index contributed by atoms with van der Waals surface area (Å²) in [5, 5.41) is 12.8. The molecule has 110 valence electrons. The Kier molecular flexibility index (Phi) is 5.22. The minimum atomic E-state index is -0.629. The number of nitrogens with zero attached hydrogens (tertiary/aromatic N) is 1. The van der Waals surface area contributed by atoms with E-state index in [1.807, 2.05) is 0 Å². The number of hydrogen-bond donors (Lipinski definition) is 2. The average Bonchev–Trinajstić information content (AvgIpc) is 3.12. The summed E-state index contributed by atoms with van der Waals surface area (Å²) >= 11 is 0. The van der Waals surface area contributed by atoms with E-state index in [4.69, 9.17) is 0 Å². The smallest absolute Gasteiger partial charge is 0.307 e. The van der Waals surface area contributed by atoms with Gasteiger partial charge in [-0.15, -0.1) is 0 Å². The van der Waals surface area contributed by atoms with Gasteiger partial charge < -0.3 is 15.3 Å². The summed E-state index contributed by atoms with van der Waals surface area (Å²) in [5.74, 6) is 0.720. The third kappa shape index (κ3) is 5.11. The van der Waals surface area contributed by atoms with Crippen molar-refractivity contribution in [3.8, 4) is 0 Å². The highest BCUT2D eigenvalue weighted by molar-refractivity contribution is 5.70. The summed E-state index contributed by atoms with van der Waals surface area (Å²) in [4.78, 5) is 13.6. The van der Waals surface area contributed by atoms with Crippen LogP contribution in [0.15, 0.2) is 0 Å². The first kappa shape index (κ1) is 14.8. The third-order valence-corrected chi connectivity index (χ3v) is 4.24. The molecule has 0 radical (unpaired) electrons. The molecule has 1 saturated carbocycles. The molecule has 1 saturated heterocycles. The van der Waals surface area contributed by atoms with Crippen molar-refractivity contribution in [2.24, 2.45) is 17.8 Å². The van der Waals surface area contributed by atoms with Gasteiger partial charge in [-0.05, 0) is 44.1 Å². The molecule has 0 aromatic rings. The molecule has 1 aliphatic carbocycles. The number of likely N-dealkylation sites (tertiary alicyclic amines) is 1. The van der Waals surface area contributed by atoms with E-state index in [1.54, 1.807) is 0 Å². The lowest BCUT2D eigenvalue weighted by atomic mass is 9.93. The predicted molar refractivity (Wildman–Crippen MR) is 76.2 cm³/mol. The molecule has 2 N–H and O–H groups in total. The Balaban J connectivity index is 1.80. The molecule has 0 bridgehead atoms. The maximum absolute atomic E-state index is 11.3. The molecule has 2 fully saturated rings. The van der Waals surface area contributed by atoms with Gasteiger partial charge in [0.25, 0.3) is 0 Å². The summed E-state index contributed by atoms with van der Waals surface area (Å²) in [6, 6.07) is 0.354. The molecular weight excluding hydrogens is 240 g/mol. The molecule has 4 nitrogen and oxygen atoms in total. The lowest BCUT2D eigenvalue weighted by Crippen LogP contribution is -2.51. The van der Waals surface area contributed by atoms with Crippen LogP contribution in [0.4, 0.5) is 0 Å². The van der Waals surface area contributed by atoms with Crippen LogP contribution in [-0.2, 0) is 4.79 Å². The molecule has 0 spiro atoms. The van der Waals surface area contributed by atoms with Gasteiger partial charge in [0, 0.05) is 25.7 Å². The maximum Gasteiger partial charge on any atom is 0.307 e. The van der Waals surface area contributed by atoms with Crippen LogP contribution in [-0.4, -0.2) is 48.2 Å². The van der Waals surface area contributed by atoms with Crippen LogP contribution in [0.3, 0.4) is 0 Å². The van der Waals surface area contributed by atoms with Crippen molar-refractivity contribution in [1.82, 2.24) is 10.2 Å². The van der Waals surface area contributed by atoms with E-state index in [9.17, 15) is 9.90 Å². The Morgan fingerprint density at radius 2 is 2.11 bits per heavy atom. The summed E-state index contributed by atoms with van der Waals surface area (Å²) in [7, 11) is 0. The second-order valence-electron chi connectivity index (χ2n) is 6.77. The van der Waals surface area contributed by atoms with Gasteiger partial charge in [-0.25, -0.2) is 0 Å². The number of nitrogens with one attached hydrogen (secondary N) is 1. The van der Waals surface area contributed by atoms with Gasteiger partial charge in [0.2, 0.25) is 0 Å². The van der Waals surface area contributed by atoms with E-state index < -0.39 is 5.97 Å². The first-order valence-electron chi connectivity index (χ1n) is 7.73. The van der Waals surface area contributed by atoms with Gasteiger partial charge >= 0.3 is 5.97 Å². The van der Waals surface area contributed by atoms with Crippen LogP contribution in [0.1, 0.15) is 39.5 Å². The summed E-state index contributed by atoms with van der Waals surface area (Å²) < 4.78 is 0. The number of piperidine rings is 1. The van der Waals surface area contributed by atoms with Gasteiger partial charge in [-0.1, -0.05) is 13.8 Å². The number of carboxylic acid groups (broad SMARTS) is 1. The molecule has 1 aliphatic heterocycles. The Hall–Kier alpha value is -0.610. The molecule has 4 heteroatoms. The molecule has 2 atom stereocenters. The van der Waals surface area contributed by atoms with E-state index in [0.29, 0.717) is 12.0 Å². The fraction of sp³-hybridized carbons (Fsp3) is 0.933. The van der Waals surface area contributed by atoms with Crippen LogP contribution in [0.5, 0.6) is 0 Å². The van der Waals surface area contributed by atoms with Crippen molar-refractivity contribution in [2.45, 2.75) is 45.6 Å². The summed E-state index contributed by atoms with van der Waals surface area (Å²) in [6.07, 6.45) is 4.62. The average molecular weight is 268 g/mol. The van der Waals surface area contributed by atoms with Crippen molar-refractivity contribution in [3.05, 3.63) is 0 Å². The van der Waals surface area contributed by atoms with Crippen molar-refractivity contribution in [2.75, 3.05) is 26.2 Å². The van der Waals surface area contributed by atoms with Crippen molar-refractivity contribution >= 4 is 5.97 Å². The van der Waals surface area contributed by atoms with Crippen molar-refractivity contribution < 1.29 is 9.90 Å². The van der Waals surface area contributed by atoms with Crippen LogP contribution in [0.25, 0.3) is 0 Å². The number of carboxylic acids is 1. The largest absolute Gasteiger partial charge is 0.481 e. The van der Waals surface area contributed by atoms with Gasteiger partial charge in [-0.3, -0.25) is 4.79 Å². The van der Waals surface area contributed by atoms with Crippen LogP contribution in [0, 0.1) is 17.8 Å². The van der Waals surface area contributed by atoms with Crippen molar-refractivity contribution in [3.63, 3.8) is 0 Å². The molecule has 19 heavy (non-hydrogen) atoms. The molecule has 0 aromatic heterocycles. The predicted octanol–water partition coefficient (Wildman–Crippen LogP) is 1.81. The van der Waals surface area contributed by atoms with E-state index >= 15 is 0 Å². The number of carbonyl (C=O) groups is 1. The van der Waals surface area contributed by atoms with E-state index in [1.165, 1.54) is 12.8 Å².